The summed E-state index contributed by atoms with van der Waals surface area (Å²) in [6.45, 7) is 0.725. The summed E-state index contributed by atoms with van der Waals surface area (Å²) >= 11 is 0. The number of ether oxygens (including phenoxy) is 2. The Labute approximate surface area is 125 Å². The number of carbonyl (C=O) groups is 1. The molecular weight excluding hydrogens is 296 g/mol. The average Bonchev–Trinajstić information content (AvgIpc) is 2.45. The van der Waals surface area contributed by atoms with Gasteiger partial charge in [0.15, 0.2) is 0 Å². The number of methoxy groups -OCH3 is 1. The van der Waals surface area contributed by atoms with Gasteiger partial charge >= 0.3 is 5.97 Å². The second kappa shape index (κ2) is 8.63. The highest BCUT2D eigenvalue weighted by atomic mass is 32.2. The molecule has 0 saturated carbocycles. The summed E-state index contributed by atoms with van der Waals surface area (Å²) in [5.41, 5.74) is 0.475. The first-order valence-corrected chi connectivity index (χ1v) is 8.39. The Kier molecular flexibility index (Phi) is 7.18. The molecule has 0 aliphatic carbocycles. The summed E-state index contributed by atoms with van der Waals surface area (Å²) in [6.07, 6.45) is 3.31. The first kappa shape index (κ1) is 17.5. The molecule has 0 aliphatic rings. The number of hydrogen-bond acceptors (Lipinski definition) is 6. The Hall–Kier alpha value is -1.60. The van der Waals surface area contributed by atoms with Crippen LogP contribution in [-0.2, 0) is 19.0 Å². The third-order valence-electron chi connectivity index (χ3n) is 2.63. The zero-order valence-electron chi connectivity index (χ0n) is 12.2. The number of hydrogen-bond donors (Lipinski definition) is 0. The summed E-state index contributed by atoms with van der Waals surface area (Å²) < 4.78 is 36.2. The van der Waals surface area contributed by atoms with Crippen molar-refractivity contribution in [3.63, 3.8) is 0 Å². The number of benzene rings is 1. The maximum atomic E-state index is 11.2. The predicted octanol–water partition coefficient (Wildman–Crippen LogP) is 2.00. The van der Waals surface area contributed by atoms with Crippen molar-refractivity contribution in [3.05, 3.63) is 29.8 Å². The van der Waals surface area contributed by atoms with Gasteiger partial charge in [-0.15, -0.1) is 0 Å². The van der Waals surface area contributed by atoms with Gasteiger partial charge in [0.1, 0.15) is 5.75 Å². The average molecular weight is 316 g/mol. The van der Waals surface area contributed by atoms with Crippen LogP contribution in [0.25, 0.3) is 0 Å². The van der Waals surface area contributed by atoms with E-state index in [0.29, 0.717) is 24.3 Å². The van der Waals surface area contributed by atoms with Crippen LogP contribution < -0.4 is 4.74 Å². The number of esters is 1. The van der Waals surface area contributed by atoms with Crippen molar-refractivity contribution in [2.75, 3.05) is 26.6 Å². The van der Waals surface area contributed by atoms with Crippen LogP contribution >= 0.6 is 0 Å². The van der Waals surface area contributed by atoms with E-state index in [9.17, 15) is 13.2 Å². The lowest BCUT2D eigenvalue weighted by Crippen LogP contribution is -2.05. The summed E-state index contributed by atoms with van der Waals surface area (Å²) in [6, 6.07) is 6.69. The Morgan fingerprint density at radius 3 is 2.24 bits per heavy atom. The molecule has 0 aliphatic heterocycles. The van der Waals surface area contributed by atoms with Gasteiger partial charge in [-0.05, 0) is 43.5 Å². The Morgan fingerprint density at radius 2 is 1.67 bits per heavy atom. The second-order valence-corrected chi connectivity index (χ2v) is 6.10. The molecule has 0 aromatic heterocycles. The SMILES string of the molecule is COC(=O)c1ccc(OCCCCCOS(C)(=O)=O)cc1. The van der Waals surface area contributed by atoms with Crippen molar-refractivity contribution in [2.24, 2.45) is 0 Å². The van der Waals surface area contributed by atoms with Crippen molar-refractivity contribution >= 4 is 16.1 Å². The van der Waals surface area contributed by atoms with Crippen LogP contribution in [0.2, 0.25) is 0 Å². The molecule has 0 unspecified atom stereocenters. The molecule has 0 saturated heterocycles. The molecule has 0 bridgehead atoms. The van der Waals surface area contributed by atoms with E-state index in [-0.39, 0.29) is 12.6 Å². The van der Waals surface area contributed by atoms with E-state index in [4.69, 9.17) is 4.74 Å². The highest BCUT2D eigenvalue weighted by Crippen LogP contribution is 2.13. The van der Waals surface area contributed by atoms with Crippen molar-refractivity contribution in [1.82, 2.24) is 0 Å². The molecule has 1 aromatic carbocycles. The maximum Gasteiger partial charge on any atom is 0.337 e. The van der Waals surface area contributed by atoms with Crippen molar-refractivity contribution in [3.8, 4) is 5.75 Å². The van der Waals surface area contributed by atoms with E-state index >= 15 is 0 Å². The third kappa shape index (κ3) is 7.67. The number of rotatable bonds is 9. The molecule has 0 spiro atoms. The van der Waals surface area contributed by atoms with Gasteiger partial charge in [-0.25, -0.2) is 4.79 Å². The lowest BCUT2D eigenvalue weighted by Gasteiger charge is -2.07. The fourth-order valence-corrected chi connectivity index (χ4v) is 2.01. The minimum Gasteiger partial charge on any atom is -0.494 e. The maximum absolute atomic E-state index is 11.2. The largest absolute Gasteiger partial charge is 0.494 e. The minimum atomic E-state index is -3.34. The standard InChI is InChI=1S/C14H20O6S/c1-18-14(15)12-6-8-13(9-7-12)19-10-4-3-5-11-20-21(2,16)17/h6-9H,3-5,10-11H2,1-2H3. The van der Waals surface area contributed by atoms with Crippen LogP contribution in [0.1, 0.15) is 29.6 Å². The number of unbranched alkanes of at least 4 members (excludes halogenated alkanes) is 2. The zero-order valence-corrected chi connectivity index (χ0v) is 13.0. The first-order valence-electron chi connectivity index (χ1n) is 6.58. The highest BCUT2D eigenvalue weighted by molar-refractivity contribution is 7.85. The molecule has 118 valence electrons. The van der Waals surface area contributed by atoms with Crippen LogP contribution in [0, 0.1) is 0 Å². The second-order valence-electron chi connectivity index (χ2n) is 4.45. The third-order valence-corrected chi connectivity index (χ3v) is 3.23. The lowest BCUT2D eigenvalue weighted by molar-refractivity contribution is 0.0600. The van der Waals surface area contributed by atoms with Crippen LogP contribution in [0.15, 0.2) is 24.3 Å². The van der Waals surface area contributed by atoms with E-state index in [1.54, 1.807) is 24.3 Å². The molecule has 1 rings (SSSR count). The van der Waals surface area contributed by atoms with E-state index in [0.717, 1.165) is 19.1 Å². The van der Waals surface area contributed by atoms with Gasteiger partial charge < -0.3 is 9.47 Å². The molecule has 0 atom stereocenters. The lowest BCUT2D eigenvalue weighted by atomic mass is 10.2. The van der Waals surface area contributed by atoms with E-state index in [2.05, 4.69) is 8.92 Å². The van der Waals surface area contributed by atoms with Crippen LogP contribution in [-0.4, -0.2) is 41.0 Å². The molecule has 0 fully saturated rings. The van der Waals surface area contributed by atoms with Gasteiger partial charge in [-0.3, -0.25) is 4.18 Å². The molecule has 0 N–H and O–H groups in total. The van der Waals surface area contributed by atoms with Crippen molar-refractivity contribution in [2.45, 2.75) is 19.3 Å². The van der Waals surface area contributed by atoms with Crippen molar-refractivity contribution < 1.29 is 26.9 Å². The highest BCUT2D eigenvalue weighted by Gasteiger charge is 2.04. The Bertz CT molecular complexity index is 535. The molecule has 1 aromatic rings. The fourth-order valence-electron chi connectivity index (χ4n) is 1.59. The zero-order chi connectivity index (χ0) is 15.7. The van der Waals surface area contributed by atoms with Crippen LogP contribution in [0.5, 0.6) is 5.75 Å². The summed E-state index contributed by atoms with van der Waals surface area (Å²) in [5.74, 6) is 0.294. The van der Waals surface area contributed by atoms with Gasteiger partial charge in [-0.1, -0.05) is 0 Å². The predicted molar refractivity (Wildman–Crippen MR) is 77.9 cm³/mol. The molecule has 0 heterocycles. The summed E-state index contributed by atoms with van der Waals surface area (Å²) in [4.78, 5) is 11.2. The molecule has 0 radical (unpaired) electrons. The topological polar surface area (TPSA) is 78.9 Å². The van der Waals surface area contributed by atoms with E-state index < -0.39 is 10.1 Å². The number of carbonyl (C=O) groups excluding carboxylic acids is 1. The van der Waals surface area contributed by atoms with Gasteiger partial charge in [0.05, 0.1) is 32.1 Å². The van der Waals surface area contributed by atoms with Crippen molar-refractivity contribution in [1.29, 1.82) is 0 Å². The normalized spacial score (nSPS) is 11.1. The summed E-state index contributed by atoms with van der Waals surface area (Å²) in [5, 5.41) is 0. The minimum absolute atomic E-state index is 0.201. The van der Waals surface area contributed by atoms with E-state index in [1.165, 1.54) is 7.11 Å². The first-order chi connectivity index (χ1) is 9.92. The summed E-state index contributed by atoms with van der Waals surface area (Å²) in [7, 11) is -2.01. The fraction of sp³-hybridized carbons (Fsp3) is 0.500. The molecule has 7 heteroatoms. The van der Waals surface area contributed by atoms with E-state index in [1.807, 2.05) is 0 Å². The Morgan fingerprint density at radius 1 is 1.05 bits per heavy atom. The van der Waals surface area contributed by atoms with Crippen LogP contribution in [0.4, 0.5) is 0 Å². The van der Waals surface area contributed by atoms with Gasteiger partial charge in [0.2, 0.25) is 0 Å². The van der Waals surface area contributed by atoms with Gasteiger partial charge in [0, 0.05) is 0 Å². The molecular formula is C14H20O6S. The Balaban J connectivity index is 2.17. The quantitative estimate of drug-likeness (QED) is 0.394. The smallest absolute Gasteiger partial charge is 0.337 e. The monoisotopic (exact) mass is 316 g/mol. The molecule has 21 heavy (non-hydrogen) atoms. The van der Waals surface area contributed by atoms with Gasteiger partial charge in [-0.2, -0.15) is 8.42 Å². The van der Waals surface area contributed by atoms with Gasteiger partial charge in [0.25, 0.3) is 10.1 Å². The van der Waals surface area contributed by atoms with Crippen LogP contribution in [0.3, 0.4) is 0 Å². The molecule has 0 amide bonds. The molecule has 6 nitrogen and oxygen atoms in total.